The van der Waals surface area contributed by atoms with E-state index < -0.39 is 0 Å². The molecule has 0 radical (unpaired) electrons. The number of hydrogen-bond donors (Lipinski definition) is 1. The first-order valence-electron chi connectivity index (χ1n) is 5.47. The van der Waals surface area contributed by atoms with Gasteiger partial charge in [-0.15, -0.1) is 0 Å². The first-order chi connectivity index (χ1) is 8.49. The molecule has 2 aromatic rings. The Kier molecular flexibility index (Phi) is 3.69. The Balaban J connectivity index is 2.43. The van der Waals surface area contributed by atoms with E-state index in [4.69, 9.17) is 33.7 Å². The Morgan fingerprint density at radius 1 is 1.06 bits per heavy atom. The van der Waals surface area contributed by atoms with Crippen molar-refractivity contribution in [3.8, 4) is 11.5 Å². The van der Waals surface area contributed by atoms with Crippen LogP contribution < -0.4 is 10.5 Å². The van der Waals surface area contributed by atoms with Crippen molar-refractivity contribution in [2.24, 2.45) is 0 Å². The van der Waals surface area contributed by atoms with Crippen LogP contribution in [0.3, 0.4) is 0 Å². The SMILES string of the molecule is Cc1cc(Cl)cc(C)c1Oc1cccc(Cl)c1N. The minimum Gasteiger partial charge on any atom is -0.455 e. The third-order valence-electron chi connectivity index (χ3n) is 2.65. The van der Waals surface area contributed by atoms with Gasteiger partial charge in [0.15, 0.2) is 5.75 Å². The standard InChI is InChI=1S/C14H13Cl2NO/c1-8-6-10(15)7-9(2)14(8)18-12-5-3-4-11(16)13(12)17/h3-7H,17H2,1-2H3. The smallest absolute Gasteiger partial charge is 0.151 e. The molecule has 0 aromatic heterocycles. The lowest BCUT2D eigenvalue weighted by atomic mass is 10.1. The fourth-order valence-corrected chi connectivity index (χ4v) is 2.27. The van der Waals surface area contributed by atoms with Crippen LogP contribution in [0.4, 0.5) is 5.69 Å². The molecule has 0 aliphatic rings. The molecular weight excluding hydrogens is 269 g/mol. The van der Waals surface area contributed by atoms with Gasteiger partial charge < -0.3 is 10.5 Å². The summed E-state index contributed by atoms with van der Waals surface area (Å²) in [5.41, 5.74) is 8.23. The number of rotatable bonds is 2. The number of para-hydroxylation sites is 1. The lowest BCUT2D eigenvalue weighted by Gasteiger charge is -2.14. The summed E-state index contributed by atoms with van der Waals surface area (Å²) in [5.74, 6) is 1.31. The molecule has 0 amide bonds. The number of halogens is 2. The normalized spacial score (nSPS) is 10.4. The van der Waals surface area contributed by atoms with Crippen molar-refractivity contribution in [1.29, 1.82) is 0 Å². The lowest BCUT2D eigenvalue weighted by molar-refractivity contribution is 0.477. The molecule has 0 saturated carbocycles. The van der Waals surface area contributed by atoms with Crippen LogP contribution in [-0.2, 0) is 0 Å². The third-order valence-corrected chi connectivity index (χ3v) is 3.20. The first kappa shape index (κ1) is 13.1. The second-order valence-electron chi connectivity index (χ2n) is 4.12. The van der Waals surface area contributed by atoms with Crippen molar-refractivity contribution < 1.29 is 4.74 Å². The Bertz CT molecular complexity index is 573. The Morgan fingerprint density at radius 3 is 2.28 bits per heavy atom. The quantitative estimate of drug-likeness (QED) is 0.788. The maximum absolute atomic E-state index is 5.98. The summed E-state index contributed by atoms with van der Waals surface area (Å²) in [7, 11) is 0. The Morgan fingerprint density at radius 2 is 1.67 bits per heavy atom. The molecule has 2 nitrogen and oxygen atoms in total. The van der Waals surface area contributed by atoms with Crippen LogP contribution in [0.15, 0.2) is 30.3 Å². The third kappa shape index (κ3) is 2.55. The first-order valence-corrected chi connectivity index (χ1v) is 6.23. The van der Waals surface area contributed by atoms with E-state index in [0.717, 1.165) is 16.9 Å². The molecule has 18 heavy (non-hydrogen) atoms. The predicted octanol–water partition coefficient (Wildman–Crippen LogP) is 4.98. The molecule has 0 bridgehead atoms. The highest BCUT2D eigenvalue weighted by molar-refractivity contribution is 6.33. The molecule has 94 valence electrons. The Hall–Kier alpha value is -1.38. The molecule has 0 heterocycles. The van der Waals surface area contributed by atoms with Crippen molar-refractivity contribution in [3.63, 3.8) is 0 Å². The van der Waals surface area contributed by atoms with E-state index in [1.54, 1.807) is 18.2 Å². The van der Waals surface area contributed by atoms with Gasteiger partial charge in [0.05, 0.1) is 10.7 Å². The van der Waals surface area contributed by atoms with Crippen LogP contribution in [0, 0.1) is 13.8 Å². The van der Waals surface area contributed by atoms with Crippen LogP contribution in [0.5, 0.6) is 11.5 Å². The Labute approximate surface area is 116 Å². The number of nitrogen functional groups attached to an aromatic ring is 1. The van der Waals surface area contributed by atoms with Crippen molar-refractivity contribution in [1.82, 2.24) is 0 Å². The van der Waals surface area contributed by atoms with Gasteiger partial charge in [0.25, 0.3) is 0 Å². The van der Waals surface area contributed by atoms with Gasteiger partial charge in [-0.05, 0) is 49.2 Å². The zero-order chi connectivity index (χ0) is 13.3. The molecule has 0 aliphatic heterocycles. The van der Waals surface area contributed by atoms with Crippen molar-refractivity contribution >= 4 is 28.9 Å². The number of ether oxygens (including phenoxy) is 1. The summed E-state index contributed by atoms with van der Waals surface area (Å²) in [6.45, 7) is 3.88. The number of aryl methyl sites for hydroxylation is 2. The summed E-state index contributed by atoms with van der Waals surface area (Å²) in [4.78, 5) is 0. The van der Waals surface area contributed by atoms with E-state index >= 15 is 0 Å². The van der Waals surface area contributed by atoms with E-state index in [9.17, 15) is 0 Å². The average molecular weight is 282 g/mol. The number of nitrogens with two attached hydrogens (primary N) is 1. The molecular formula is C14H13Cl2NO. The van der Waals surface area contributed by atoms with Crippen LogP contribution in [0.1, 0.15) is 11.1 Å². The van der Waals surface area contributed by atoms with E-state index in [0.29, 0.717) is 21.5 Å². The second kappa shape index (κ2) is 5.09. The van der Waals surface area contributed by atoms with Crippen LogP contribution >= 0.6 is 23.2 Å². The van der Waals surface area contributed by atoms with Gasteiger partial charge in [0.2, 0.25) is 0 Å². The predicted molar refractivity (Wildman–Crippen MR) is 76.9 cm³/mol. The van der Waals surface area contributed by atoms with Gasteiger partial charge in [-0.2, -0.15) is 0 Å². The molecule has 0 unspecified atom stereocenters. The molecule has 0 atom stereocenters. The lowest BCUT2D eigenvalue weighted by Crippen LogP contribution is -1.96. The van der Waals surface area contributed by atoms with Crippen LogP contribution in [0.2, 0.25) is 10.0 Å². The van der Waals surface area contributed by atoms with Crippen molar-refractivity contribution in [2.75, 3.05) is 5.73 Å². The molecule has 0 spiro atoms. The maximum atomic E-state index is 5.98. The van der Waals surface area contributed by atoms with Gasteiger partial charge in [-0.25, -0.2) is 0 Å². The van der Waals surface area contributed by atoms with E-state index in [2.05, 4.69) is 0 Å². The van der Waals surface area contributed by atoms with Crippen LogP contribution in [0.25, 0.3) is 0 Å². The van der Waals surface area contributed by atoms with E-state index in [-0.39, 0.29) is 0 Å². The van der Waals surface area contributed by atoms with Gasteiger partial charge >= 0.3 is 0 Å². The topological polar surface area (TPSA) is 35.2 Å². The fourth-order valence-electron chi connectivity index (χ4n) is 1.77. The molecule has 4 heteroatoms. The molecule has 2 N–H and O–H groups in total. The van der Waals surface area contributed by atoms with Gasteiger partial charge in [0, 0.05) is 5.02 Å². The molecule has 0 fully saturated rings. The molecule has 0 aliphatic carbocycles. The van der Waals surface area contributed by atoms with Gasteiger partial charge in [-0.3, -0.25) is 0 Å². The number of hydrogen-bond acceptors (Lipinski definition) is 2. The molecule has 0 saturated heterocycles. The van der Waals surface area contributed by atoms with Gasteiger partial charge in [0.1, 0.15) is 5.75 Å². The minimum atomic E-state index is 0.438. The largest absolute Gasteiger partial charge is 0.455 e. The highest BCUT2D eigenvalue weighted by atomic mass is 35.5. The summed E-state index contributed by atoms with van der Waals surface area (Å²) in [6, 6.07) is 9.02. The number of benzene rings is 2. The minimum absolute atomic E-state index is 0.438. The van der Waals surface area contributed by atoms with Crippen molar-refractivity contribution in [3.05, 3.63) is 51.5 Å². The monoisotopic (exact) mass is 281 g/mol. The average Bonchev–Trinajstić information content (AvgIpc) is 2.28. The second-order valence-corrected chi connectivity index (χ2v) is 4.97. The summed E-state index contributed by atoms with van der Waals surface area (Å²) in [5, 5.41) is 1.17. The van der Waals surface area contributed by atoms with Crippen LogP contribution in [-0.4, -0.2) is 0 Å². The number of anilines is 1. The fraction of sp³-hybridized carbons (Fsp3) is 0.143. The highest BCUT2D eigenvalue weighted by Gasteiger charge is 2.10. The highest BCUT2D eigenvalue weighted by Crippen LogP contribution is 2.36. The zero-order valence-electron chi connectivity index (χ0n) is 10.1. The van der Waals surface area contributed by atoms with E-state index in [1.807, 2.05) is 26.0 Å². The summed E-state index contributed by atoms with van der Waals surface area (Å²) < 4.78 is 5.84. The maximum Gasteiger partial charge on any atom is 0.151 e. The van der Waals surface area contributed by atoms with Crippen molar-refractivity contribution in [2.45, 2.75) is 13.8 Å². The summed E-state index contributed by atoms with van der Waals surface area (Å²) in [6.07, 6.45) is 0. The summed E-state index contributed by atoms with van der Waals surface area (Å²) >= 11 is 11.9. The zero-order valence-corrected chi connectivity index (χ0v) is 11.6. The van der Waals surface area contributed by atoms with E-state index in [1.165, 1.54) is 0 Å². The molecule has 2 rings (SSSR count). The van der Waals surface area contributed by atoms with Gasteiger partial charge in [-0.1, -0.05) is 29.3 Å². The molecule has 2 aromatic carbocycles.